The van der Waals surface area contributed by atoms with Crippen molar-refractivity contribution in [3.8, 4) is 5.75 Å². The number of hydrogen-bond acceptors (Lipinski definition) is 27. The number of aromatic hydroxyl groups is 1. The molecule has 13 heterocycles. The Labute approximate surface area is 842 Å². The molecule has 1 amide bonds. The molecule has 28 heteroatoms. The summed E-state index contributed by atoms with van der Waals surface area (Å²) < 4.78 is 6.23. The van der Waals surface area contributed by atoms with E-state index >= 15 is 0 Å². The molecule has 0 bridgehead atoms. The van der Waals surface area contributed by atoms with Gasteiger partial charge in [-0.1, -0.05) is 54.1 Å². The molecule has 7 aromatic carbocycles. The fourth-order valence-electron chi connectivity index (χ4n) is 15.7. The van der Waals surface area contributed by atoms with Crippen molar-refractivity contribution in [1.29, 1.82) is 0 Å². The first-order valence-electron chi connectivity index (χ1n) is 46.3. The molecule has 0 saturated carbocycles. The third kappa shape index (κ3) is 26.4. The Hall–Kier alpha value is -11.9. The van der Waals surface area contributed by atoms with Crippen molar-refractivity contribution in [3.63, 3.8) is 0 Å². The van der Waals surface area contributed by atoms with Gasteiger partial charge in [0, 0.05) is 203 Å². The molecule has 722 valence electrons. The molecule has 139 heavy (non-hydrogen) atoms. The number of nitrogens with one attached hydrogen (secondary N) is 6. The predicted molar refractivity (Wildman–Crippen MR) is 600 cm³/mol. The number of pyridine rings is 7. The highest BCUT2D eigenvalue weighted by Gasteiger charge is 2.27. The predicted octanol–water partition coefficient (Wildman–Crippen LogP) is 25.4. The Bertz CT molecular complexity index is 7560. The number of thiophene rings is 5. The second-order valence-corrected chi connectivity index (χ2v) is 43.1. The van der Waals surface area contributed by atoms with Crippen LogP contribution in [-0.4, -0.2) is 144 Å². The topological polar surface area (TPSA) is 320 Å². The lowest BCUT2D eigenvalue weighted by Crippen LogP contribution is -2.34. The zero-order chi connectivity index (χ0) is 101. The number of hydrogen-bond donors (Lipinski definition) is 10. The maximum atomic E-state index is 12.3. The summed E-state index contributed by atoms with van der Waals surface area (Å²) in [4.78, 5) is 94.2. The van der Waals surface area contributed by atoms with Crippen LogP contribution in [0.25, 0.3) is 127 Å². The molecule has 4 unspecified atom stereocenters. The van der Waals surface area contributed by atoms with E-state index < -0.39 is 10.5 Å². The van der Waals surface area contributed by atoms with Crippen LogP contribution < -0.4 is 43.4 Å². The van der Waals surface area contributed by atoms with Crippen molar-refractivity contribution in [2.24, 2.45) is 11.5 Å². The summed E-state index contributed by atoms with van der Waals surface area (Å²) in [5.41, 5.74) is 31.6. The number of aromatic nitrogens is 7. The zero-order valence-electron chi connectivity index (χ0n) is 83.3. The lowest BCUT2D eigenvalue weighted by Gasteiger charge is -2.13. The number of nitrogens with zero attached hydrogens (tertiary/aromatic N) is 7. The monoisotopic (exact) mass is 1990 g/mol. The summed E-state index contributed by atoms with van der Waals surface area (Å²) in [5.74, 6) is -0.200. The number of anilines is 3. The Morgan fingerprint density at radius 3 is 1.21 bits per heavy atom. The molecule has 0 radical (unpaired) electrons. The average Bonchev–Trinajstić information content (AvgIpc) is 1.60. The van der Waals surface area contributed by atoms with Crippen LogP contribution in [0.15, 0.2) is 187 Å². The highest BCUT2D eigenvalue weighted by atomic mass is 32.2. The molecule has 4 atom stereocenters. The van der Waals surface area contributed by atoms with Gasteiger partial charge in [-0.05, 0) is 299 Å². The highest BCUT2D eigenvalue weighted by molar-refractivity contribution is 8.01. The summed E-state index contributed by atoms with van der Waals surface area (Å²) >= 11 is 13.7. The number of carbonyl (C=O) groups is 5. The molecule has 0 spiro atoms. The third-order valence-corrected chi connectivity index (χ3v) is 31.2. The third-order valence-electron chi connectivity index (χ3n) is 23.5. The Balaban J connectivity index is 0.000000143. The van der Waals surface area contributed by atoms with Crippen molar-refractivity contribution in [3.05, 3.63) is 257 Å². The molecule has 1 aliphatic heterocycles. The lowest BCUT2D eigenvalue weighted by atomic mass is 10.1. The van der Waals surface area contributed by atoms with E-state index in [1.54, 1.807) is 11.3 Å². The lowest BCUT2D eigenvalue weighted by molar-refractivity contribution is -0.125. The minimum absolute atomic E-state index is 0.0110. The van der Waals surface area contributed by atoms with Crippen LogP contribution in [-0.2, 0) is 19.2 Å². The fourth-order valence-corrected chi connectivity index (χ4v) is 21.9. The van der Waals surface area contributed by atoms with Gasteiger partial charge in [-0.3, -0.25) is 58.9 Å². The number of rotatable bonds is 15. The van der Waals surface area contributed by atoms with Gasteiger partial charge in [0.05, 0.1) is 55.7 Å². The molecule has 21 nitrogen and oxygen atoms in total. The van der Waals surface area contributed by atoms with Crippen LogP contribution in [0.2, 0.25) is 0 Å². The second kappa shape index (κ2) is 47.8. The van der Waals surface area contributed by atoms with Crippen LogP contribution in [0.3, 0.4) is 0 Å². The Morgan fingerprint density at radius 2 is 0.799 bits per heavy atom. The number of thioether (sulfide) groups is 1. The molecule has 1 aliphatic rings. The van der Waals surface area contributed by atoms with Crippen molar-refractivity contribution in [2.45, 2.75) is 185 Å². The summed E-state index contributed by atoms with van der Waals surface area (Å²) in [6, 6.07) is 63.3. The van der Waals surface area contributed by atoms with Crippen molar-refractivity contribution in [2.75, 3.05) is 56.2 Å². The van der Waals surface area contributed by atoms with E-state index in [9.17, 15) is 29.1 Å². The van der Waals surface area contributed by atoms with Gasteiger partial charge in [0.1, 0.15) is 32.7 Å². The van der Waals surface area contributed by atoms with Gasteiger partial charge in [-0.2, -0.15) is 12.6 Å². The van der Waals surface area contributed by atoms with Gasteiger partial charge in [0.15, 0.2) is 11.6 Å². The number of thiol groups is 1. The molecule has 0 aliphatic carbocycles. The van der Waals surface area contributed by atoms with E-state index in [4.69, 9.17) is 11.5 Å². The molecular formula is C111H125N15O6S7. The first-order valence-corrected chi connectivity index (χ1v) is 51.8. The molecular weight excluding hydrogens is 1860 g/mol. The normalized spacial score (nSPS) is 12.8. The number of fused-ring (bicyclic) bond motifs is 19. The standard InChI is InChI=1S/C17H21N3S.C16H15N3OS.C16H19N3S.C15H15NO2S.C14H13NS.C13H11NOS.C11H11N.C5H8O2S.C4H12N2/c1-10-5-6-13-14(20-10)7-8-15-16(13)17(12(3)21-15)19-9-11(2)18-4;1-8-3-4-10-11(18-8)5-6-12-13(10)14-15(21-12)16(20)19-9(2)7-17-14;1-9(17)8-18-16-11(3)20-14-7-6-13-12(15(14)16)5-4-10(2)19-13;1-9-4-5-12-8-13(6-7-14(12)16-9)19-15(10(2)17)11(3)18;1-8-4-5-11-12(15-8)6-7-13-14(11)9(2)10(3)16-13;1-7-3-4-9-10(14-7)5-6-11-12(9)13(15)8(2)16-11;1-8-3-6-11-10(7-8)5-4-9(2)12-11;1-3(6)5(8)4(2)7;1-4(3-5)6-2/h5-8,11,18-19H,9H2,1-4H3;3-6,9,17H,7H2,1-2H3,(H,19,20);4-7,9,18H,8,17H2,1-3H3;4-8,15H,1-3H3;4-7H,1-3H3;3-6,15H,1-2H3;3-7H,1-2H3;5,8H,1-2H3;4,6H,3,5H2,1-2H3. The summed E-state index contributed by atoms with van der Waals surface area (Å²) in [7, 11) is 3.89. The summed E-state index contributed by atoms with van der Waals surface area (Å²) in [6.07, 6.45) is 0. The largest absolute Gasteiger partial charge is 0.506 e. The van der Waals surface area contributed by atoms with Crippen LogP contribution in [0.5, 0.6) is 5.75 Å². The first-order chi connectivity index (χ1) is 66.2. The summed E-state index contributed by atoms with van der Waals surface area (Å²) in [6.45, 7) is 43.8. The SMILES string of the molecule is CC(=O)C(S)C(C)=O.CC(=O)C(Sc1ccc2nc(C)ccc2c1)C(C)=O.CNC(C)CN.CNC(C)CNc1c(C)sc2ccc3nc(C)ccc3c12.Cc1ccc2c(ccc3sc(C)c(C)c32)n1.Cc1ccc2c(ccc3sc(C)c(NCC(C)N)c32)n1.Cc1ccc2c(ccc3sc(C)c(O)c32)n1.Cc1ccc2c(ccc3sc4c(c32)NCC(C)NC4=O)n1.Cc1ccc2nc(C)ccc2c1. The molecule has 0 saturated heterocycles. The highest BCUT2D eigenvalue weighted by Crippen LogP contribution is 2.45. The number of nitrogens with two attached hydrogens (primary N) is 2. The molecule has 20 rings (SSSR count). The van der Waals surface area contributed by atoms with E-state index in [0.717, 1.165) is 161 Å². The van der Waals surface area contributed by atoms with Gasteiger partial charge >= 0.3 is 0 Å². The number of carbonyl (C=O) groups excluding carboxylic acids is 5. The minimum Gasteiger partial charge on any atom is -0.506 e. The van der Waals surface area contributed by atoms with Crippen LogP contribution in [0.1, 0.15) is 136 Å². The van der Waals surface area contributed by atoms with Crippen LogP contribution in [0.4, 0.5) is 17.1 Å². The maximum absolute atomic E-state index is 12.3. The van der Waals surface area contributed by atoms with E-state index in [1.165, 1.54) is 140 Å². The van der Waals surface area contributed by atoms with Crippen molar-refractivity contribution in [1.82, 2.24) is 50.8 Å². The minimum atomic E-state index is -0.713. The number of aryl methyl sites for hydroxylation is 13. The van der Waals surface area contributed by atoms with Crippen molar-refractivity contribution >= 4 is 254 Å². The van der Waals surface area contributed by atoms with Gasteiger partial charge in [-0.25, -0.2) is 0 Å². The molecule has 19 aromatic rings. The fraction of sp³-hybridized carbons (Fsp3) is 0.297. The smallest absolute Gasteiger partial charge is 0.263 e. The van der Waals surface area contributed by atoms with Gasteiger partial charge < -0.3 is 48.5 Å². The molecule has 0 fully saturated rings. The number of Topliss-reactive ketones (excluding diaryl/α,β-unsaturated/α-hetero) is 4. The van der Waals surface area contributed by atoms with Crippen LogP contribution >= 0.6 is 81.1 Å². The summed E-state index contributed by atoms with van der Waals surface area (Å²) in [5, 5.41) is 42.7. The van der Waals surface area contributed by atoms with E-state index in [-0.39, 0.29) is 41.1 Å². The van der Waals surface area contributed by atoms with E-state index in [1.807, 2.05) is 197 Å². The van der Waals surface area contributed by atoms with Gasteiger partial charge in [-0.15, -0.1) is 68.4 Å². The van der Waals surface area contributed by atoms with E-state index in [2.05, 4.69) is 230 Å². The Morgan fingerprint density at radius 1 is 0.439 bits per heavy atom. The zero-order valence-corrected chi connectivity index (χ0v) is 89.1. The maximum Gasteiger partial charge on any atom is 0.263 e. The molecule has 11 N–H and O–H groups in total. The van der Waals surface area contributed by atoms with Gasteiger partial charge in [0.2, 0.25) is 0 Å². The first kappa shape index (κ1) is 106. The second-order valence-electron chi connectivity index (χ2n) is 35.4. The number of ketones is 4. The number of likely N-dealkylation sites (N-methyl/N-ethyl adjacent to an activating group) is 2. The molecule has 12 aromatic heterocycles. The number of amides is 1. The average molecular weight is 1990 g/mol. The van der Waals surface area contributed by atoms with Crippen LogP contribution in [0, 0.1) is 90.0 Å². The quantitative estimate of drug-likeness (QED) is 0.0259. The Kier molecular flexibility index (Phi) is 36.5. The number of benzene rings is 7. The van der Waals surface area contributed by atoms with Crippen molar-refractivity contribution < 1.29 is 29.1 Å². The van der Waals surface area contributed by atoms with E-state index in [0.29, 0.717) is 17.8 Å². The van der Waals surface area contributed by atoms with Gasteiger partial charge in [0.25, 0.3) is 5.91 Å².